The smallest absolute Gasteiger partial charge is 0.195 e. The van der Waals surface area contributed by atoms with Gasteiger partial charge in [0, 0.05) is 12.2 Å². The van der Waals surface area contributed by atoms with E-state index in [1.807, 2.05) is 10.6 Å². The summed E-state index contributed by atoms with van der Waals surface area (Å²) in [6.07, 6.45) is 1.81. The molecule has 2 rings (SSSR count). The van der Waals surface area contributed by atoms with E-state index in [1.165, 1.54) is 11.1 Å². The van der Waals surface area contributed by atoms with E-state index in [-0.39, 0.29) is 0 Å². The first-order valence-corrected chi connectivity index (χ1v) is 6.59. The summed E-state index contributed by atoms with van der Waals surface area (Å²) in [5, 5.41) is 10.5. The Morgan fingerprint density at radius 2 is 2.11 bits per heavy atom. The van der Waals surface area contributed by atoms with E-state index in [0.29, 0.717) is 17.9 Å². The molecule has 0 amide bonds. The lowest BCUT2D eigenvalue weighted by molar-refractivity contribution is 0.743. The average Bonchev–Trinajstić information content (AvgIpc) is 2.71. The molecular weight excluding hydrogens is 256 g/mol. The molecule has 1 heterocycles. The number of H-pyrrole nitrogens is 1. The third-order valence-electron chi connectivity index (χ3n) is 3.05. The molecule has 2 aromatic rings. The monoisotopic (exact) mass is 274 g/mol. The quantitative estimate of drug-likeness (QED) is 0.649. The van der Waals surface area contributed by atoms with Crippen LogP contribution < -0.4 is 5.32 Å². The molecule has 0 aliphatic heterocycles. The summed E-state index contributed by atoms with van der Waals surface area (Å²) >= 11 is 5.19. The van der Waals surface area contributed by atoms with Gasteiger partial charge in [-0.2, -0.15) is 5.10 Å². The van der Waals surface area contributed by atoms with Gasteiger partial charge in [0.2, 0.25) is 0 Å². The fourth-order valence-corrected chi connectivity index (χ4v) is 2.29. The summed E-state index contributed by atoms with van der Waals surface area (Å²) in [5.41, 5.74) is 3.61. The molecule has 1 aromatic heterocycles. The van der Waals surface area contributed by atoms with Crippen LogP contribution >= 0.6 is 12.2 Å². The topological polar surface area (TPSA) is 45.6 Å². The number of rotatable bonds is 5. The molecular formula is C14H18N4S. The first-order valence-electron chi connectivity index (χ1n) is 6.18. The molecule has 0 aliphatic rings. The molecule has 4 nitrogen and oxygen atoms in total. The van der Waals surface area contributed by atoms with Gasteiger partial charge >= 0.3 is 0 Å². The normalized spacial score (nSPS) is 10.4. The number of hydrogen-bond donors (Lipinski definition) is 2. The maximum atomic E-state index is 5.19. The van der Waals surface area contributed by atoms with Crippen molar-refractivity contribution < 1.29 is 0 Å². The van der Waals surface area contributed by atoms with Crippen molar-refractivity contribution in [3.05, 3.63) is 52.6 Å². The Kier molecular flexibility index (Phi) is 4.16. The molecule has 2 N–H and O–H groups in total. The minimum Gasteiger partial charge on any atom is -0.377 e. The highest BCUT2D eigenvalue weighted by molar-refractivity contribution is 7.71. The van der Waals surface area contributed by atoms with Crippen LogP contribution in [0.5, 0.6) is 0 Å². The second-order valence-electron chi connectivity index (χ2n) is 4.46. The number of allylic oxidation sites excluding steroid dienone is 1. The summed E-state index contributed by atoms with van der Waals surface area (Å²) < 4.78 is 2.56. The van der Waals surface area contributed by atoms with Crippen LogP contribution in [0.3, 0.4) is 0 Å². The summed E-state index contributed by atoms with van der Waals surface area (Å²) in [6.45, 7) is 9.22. The second-order valence-corrected chi connectivity index (χ2v) is 4.85. The number of nitrogens with zero attached hydrogens (tertiary/aromatic N) is 2. The van der Waals surface area contributed by atoms with Gasteiger partial charge in [-0.1, -0.05) is 24.3 Å². The van der Waals surface area contributed by atoms with Crippen molar-refractivity contribution in [2.45, 2.75) is 26.9 Å². The van der Waals surface area contributed by atoms with Gasteiger partial charge in [0.15, 0.2) is 10.6 Å². The van der Waals surface area contributed by atoms with Gasteiger partial charge < -0.3 is 5.32 Å². The van der Waals surface area contributed by atoms with E-state index in [2.05, 4.69) is 54.1 Å². The van der Waals surface area contributed by atoms with Crippen LogP contribution in [-0.2, 0) is 13.1 Å². The third kappa shape index (κ3) is 2.93. The molecule has 19 heavy (non-hydrogen) atoms. The van der Waals surface area contributed by atoms with E-state index < -0.39 is 0 Å². The second kappa shape index (κ2) is 5.84. The maximum absolute atomic E-state index is 5.19. The Bertz CT molecular complexity index is 619. The molecule has 0 unspecified atom stereocenters. The SMILES string of the molecule is C=CCn1c(CNc2c(C)cccc2C)n[nH]c1=S. The number of nitrogens with one attached hydrogen (secondary N) is 2. The van der Waals surface area contributed by atoms with Crippen LogP contribution in [0.2, 0.25) is 0 Å². The number of hydrogen-bond acceptors (Lipinski definition) is 3. The molecule has 100 valence electrons. The van der Waals surface area contributed by atoms with E-state index in [1.54, 1.807) is 0 Å². The highest BCUT2D eigenvalue weighted by Gasteiger charge is 2.06. The highest BCUT2D eigenvalue weighted by atomic mass is 32.1. The minimum absolute atomic E-state index is 0.623. The van der Waals surface area contributed by atoms with Crippen molar-refractivity contribution in [3.8, 4) is 0 Å². The number of aryl methyl sites for hydroxylation is 2. The van der Waals surface area contributed by atoms with Crippen molar-refractivity contribution in [1.29, 1.82) is 0 Å². The molecule has 0 fully saturated rings. The largest absolute Gasteiger partial charge is 0.377 e. The lowest BCUT2D eigenvalue weighted by atomic mass is 10.1. The summed E-state index contributed by atoms with van der Waals surface area (Å²) in [7, 11) is 0. The van der Waals surface area contributed by atoms with Crippen LogP contribution in [0.15, 0.2) is 30.9 Å². The predicted molar refractivity (Wildman–Crippen MR) is 80.9 cm³/mol. The first kappa shape index (κ1) is 13.5. The third-order valence-corrected chi connectivity index (χ3v) is 3.37. The first-order chi connectivity index (χ1) is 9.13. The van der Waals surface area contributed by atoms with E-state index in [4.69, 9.17) is 12.2 Å². The molecule has 0 bridgehead atoms. The predicted octanol–water partition coefficient (Wildman–Crippen LogP) is 3.36. The molecule has 1 aromatic carbocycles. The summed E-state index contributed by atoms with van der Waals surface area (Å²) in [4.78, 5) is 0. The number of para-hydroxylation sites is 1. The summed E-state index contributed by atoms with van der Waals surface area (Å²) in [6, 6.07) is 6.25. The van der Waals surface area contributed by atoms with Gasteiger partial charge in [-0.25, -0.2) is 0 Å². The van der Waals surface area contributed by atoms with Crippen LogP contribution in [-0.4, -0.2) is 14.8 Å². The minimum atomic E-state index is 0.623. The number of anilines is 1. The zero-order valence-electron chi connectivity index (χ0n) is 11.2. The molecule has 0 saturated carbocycles. The Morgan fingerprint density at radius 1 is 1.42 bits per heavy atom. The Hall–Kier alpha value is -1.88. The molecule has 0 aliphatic carbocycles. The Morgan fingerprint density at radius 3 is 2.74 bits per heavy atom. The number of benzene rings is 1. The summed E-state index contributed by atoms with van der Waals surface area (Å²) in [5.74, 6) is 0.882. The molecule has 0 atom stereocenters. The van der Waals surface area contributed by atoms with Crippen molar-refractivity contribution in [2.75, 3.05) is 5.32 Å². The van der Waals surface area contributed by atoms with Crippen molar-refractivity contribution in [2.24, 2.45) is 0 Å². The van der Waals surface area contributed by atoms with Gasteiger partial charge in [-0.05, 0) is 37.2 Å². The van der Waals surface area contributed by atoms with Gasteiger partial charge in [0.1, 0.15) is 0 Å². The number of aromatic nitrogens is 3. The Labute approximate surface area is 118 Å². The van der Waals surface area contributed by atoms with Crippen LogP contribution in [0.1, 0.15) is 17.0 Å². The van der Waals surface area contributed by atoms with Crippen molar-refractivity contribution in [1.82, 2.24) is 14.8 Å². The lowest BCUT2D eigenvalue weighted by Gasteiger charge is -2.12. The van der Waals surface area contributed by atoms with Crippen LogP contribution in [0.4, 0.5) is 5.69 Å². The molecule has 0 saturated heterocycles. The lowest BCUT2D eigenvalue weighted by Crippen LogP contribution is -2.09. The average molecular weight is 274 g/mol. The highest BCUT2D eigenvalue weighted by Crippen LogP contribution is 2.19. The zero-order valence-corrected chi connectivity index (χ0v) is 12.0. The molecule has 5 heteroatoms. The fourth-order valence-electron chi connectivity index (χ4n) is 2.06. The van der Waals surface area contributed by atoms with Gasteiger partial charge in [0.05, 0.1) is 6.54 Å². The van der Waals surface area contributed by atoms with Crippen LogP contribution in [0.25, 0.3) is 0 Å². The van der Waals surface area contributed by atoms with Crippen molar-refractivity contribution in [3.63, 3.8) is 0 Å². The fraction of sp³-hybridized carbons (Fsp3) is 0.286. The molecule has 0 radical (unpaired) electrons. The van der Waals surface area contributed by atoms with E-state index in [0.717, 1.165) is 11.5 Å². The van der Waals surface area contributed by atoms with Gasteiger partial charge in [-0.15, -0.1) is 6.58 Å². The van der Waals surface area contributed by atoms with Gasteiger partial charge in [-0.3, -0.25) is 9.67 Å². The van der Waals surface area contributed by atoms with Gasteiger partial charge in [0.25, 0.3) is 0 Å². The maximum Gasteiger partial charge on any atom is 0.195 e. The standard InChI is InChI=1S/C14H18N4S/c1-4-8-18-12(16-17-14(18)19)9-15-13-10(2)6-5-7-11(13)3/h4-7,15H,1,8-9H2,2-3H3,(H,17,19). The van der Waals surface area contributed by atoms with Crippen LogP contribution in [0, 0.1) is 18.6 Å². The molecule has 0 spiro atoms. The van der Waals surface area contributed by atoms with E-state index in [9.17, 15) is 0 Å². The Balaban J connectivity index is 2.19. The van der Waals surface area contributed by atoms with Crippen molar-refractivity contribution >= 4 is 17.9 Å². The zero-order chi connectivity index (χ0) is 13.8. The number of aromatic amines is 1. The van der Waals surface area contributed by atoms with E-state index >= 15 is 0 Å².